The van der Waals surface area contributed by atoms with Crippen LogP contribution in [0.3, 0.4) is 0 Å². The van der Waals surface area contributed by atoms with Gasteiger partial charge in [0.1, 0.15) is 0 Å². The van der Waals surface area contributed by atoms with E-state index in [9.17, 15) is 0 Å². The Morgan fingerprint density at radius 2 is 0.512 bits per heavy atom. The second kappa shape index (κ2) is 13.0. The van der Waals surface area contributed by atoms with Gasteiger partial charge in [0.05, 0.1) is 0 Å². The minimum absolute atomic E-state index is 0. The van der Waals surface area contributed by atoms with Gasteiger partial charge in [-0.1, -0.05) is 57.8 Å². The third kappa shape index (κ3) is 9.01. The molecule has 12 rings (SSSR count). The molecule has 41 heavy (non-hydrogen) atoms. The van der Waals surface area contributed by atoms with Crippen LogP contribution in [0.4, 0.5) is 0 Å². The van der Waals surface area contributed by atoms with E-state index in [-0.39, 0.29) is 50.6 Å². The zero-order chi connectivity index (χ0) is 26.9. The SMILES string of the molecule is O=S(=O)(O)O.[Mg+2].[NH-]C12CC3CC(CC(C3)C1)C2.[NH-]C12CC3CC(CC(C3)C1)C2.[NH-]C12CC3CC(CC(C3)C1)C2.[OH-].[OH-]. The predicted octanol–water partition coefficient (Wildman–Crippen LogP) is 7.64. The third-order valence-corrected chi connectivity index (χ3v) is 12.1. The summed E-state index contributed by atoms with van der Waals surface area (Å²) in [5.41, 5.74) is 24.8. The Bertz CT molecular complexity index is 781. The Balaban J connectivity index is 0.000000152. The summed E-state index contributed by atoms with van der Waals surface area (Å²) in [5, 5.41) is 0. The van der Waals surface area contributed by atoms with Crippen LogP contribution in [0.15, 0.2) is 0 Å². The summed E-state index contributed by atoms with van der Waals surface area (Å²) in [6, 6.07) is 0. The molecule has 0 aromatic heterocycles. The first-order valence-electron chi connectivity index (χ1n) is 15.7. The first-order chi connectivity index (χ1) is 17.7. The van der Waals surface area contributed by atoms with Crippen molar-refractivity contribution in [1.29, 1.82) is 0 Å². The molecule has 9 nitrogen and oxygen atoms in total. The van der Waals surface area contributed by atoms with Crippen molar-refractivity contribution >= 4 is 33.5 Å². The molecule has 7 N–H and O–H groups in total. The van der Waals surface area contributed by atoms with Crippen molar-refractivity contribution in [1.82, 2.24) is 0 Å². The number of rotatable bonds is 0. The molecule has 12 fully saturated rings. The van der Waals surface area contributed by atoms with Gasteiger partial charge in [-0.05, 0) is 111 Å². The van der Waals surface area contributed by atoms with Gasteiger partial charge in [0.25, 0.3) is 0 Å². The standard InChI is InChI=1S/3C10H16N.Mg.H2O4S.2H2O/c3*11-10-4-7-1-8(5-10)3-9(2-7)6-10;;1-5(2,3)4;;/h3*7-9,11H,1-6H2;;(H2,1,2,3,4);2*1H2/q3*-1;+2;;;/p-2. The van der Waals surface area contributed by atoms with Crippen molar-refractivity contribution in [3.63, 3.8) is 0 Å². The van der Waals surface area contributed by atoms with E-state index in [1.54, 1.807) is 0 Å². The van der Waals surface area contributed by atoms with Crippen LogP contribution in [0.2, 0.25) is 0 Å². The van der Waals surface area contributed by atoms with Gasteiger partial charge in [-0.15, -0.1) is 16.6 Å². The van der Waals surface area contributed by atoms with E-state index in [1.165, 1.54) is 116 Å². The summed E-state index contributed by atoms with van der Waals surface area (Å²) in [4.78, 5) is 0. The quantitative estimate of drug-likeness (QED) is 0.209. The van der Waals surface area contributed by atoms with Crippen molar-refractivity contribution < 1.29 is 28.5 Å². The van der Waals surface area contributed by atoms with Crippen LogP contribution in [0.1, 0.15) is 116 Å². The number of hydrogen-bond donors (Lipinski definition) is 2. The molecular formula is C30H52MgN3O6S-3. The van der Waals surface area contributed by atoms with Gasteiger partial charge in [-0.3, -0.25) is 9.11 Å². The van der Waals surface area contributed by atoms with Crippen LogP contribution in [-0.2, 0) is 10.4 Å². The Morgan fingerprint density at radius 1 is 0.415 bits per heavy atom. The first-order valence-corrected chi connectivity index (χ1v) is 17.1. The summed E-state index contributed by atoms with van der Waals surface area (Å²) < 4.78 is 31.6. The van der Waals surface area contributed by atoms with E-state index in [2.05, 4.69) is 0 Å². The van der Waals surface area contributed by atoms with Gasteiger partial charge in [0.15, 0.2) is 0 Å². The second-order valence-corrected chi connectivity index (χ2v) is 16.9. The van der Waals surface area contributed by atoms with Gasteiger partial charge in [0.2, 0.25) is 0 Å². The van der Waals surface area contributed by atoms with Crippen molar-refractivity contribution in [2.75, 3.05) is 0 Å². The van der Waals surface area contributed by atoms with E-state index < -0.39 is 10.4 Å². The Kier molecular flexibility index (Phi) is 11.4. The molecule has 0 saturated heterocycles. The average molecular weight is 607 g/mol. The van der Waals surface area contributed by atoms with Crippen LogP contribution in [0.25, 0.3) is 17.2 Å². The molecule has 0 radical (unpaired) electrons. The summed E-state index contributed by atoms with van der Waals surface area (Å²) in [7, 11) is -4.67. The number of nitrogens with one attached hydrogen (secondary N) is 3. The van der Waals surface area contributed by atoms with Crippen molar-refractivity contribution in [3.05, 3.63) is 17.2 Å². The molecule has 12 saturated carbocycles. The van der Waals surface area contributed by atoms with Gasteiger partial charge < -0.3 is 28.2 Å². The molecule has 12 aliphatic rings. The van der Waals surface area contributed by atoms with Crippen LogP contribution in [0, 0.1) is 53.3 Å². The topological polar surface area (TPSA) is 206 Å². The van der Waals surface area contributed by atoms with Crippen molar-refractivity contribution in [2.45, 2.75) is 132 Å². The van der Waals surface area contributed by atoms with Crippen LogP contribution < -0.4 is 0 Å². The molecule has 0 unspecified atom stereocenters. The van der Waals surface area contributed by atoms with E-state index in [0.717, 1.165) is 53.3 Å². The average Bonchev–Trinajstić information content (AvgIpc) is 2.68. The monoisotopic (exact) mass is 606 g/mol. The maximum Gasteiger partial charge on any atom is 2.00 e. The molecule has 11 heteroatoms. The first kappa shape index (κ1) is 35.9. The second-order valence-electron chi connectivity index (χ2n) is 16.0. The molecule has 0 aliphatic heterocycles. The predicted molar refractivity (Wildman–Crippen MR) is 159 cm³/mol. The Hall–Kier alpha value is 0.436. The molecule has 0 heterocycles. The van der Waals surface area contributed by atoms with Gasteiger partial charge in [-0.2, -0.15) is 8.42 Å². The molecule has 234 valence electrons. The summed E-state index contributed by atoms with van der Waals surface area (Å²) in [5.74, 6) is 8.61. The molecular weight excluding hydrogens is 555 g/mol. The van der Waals surface area contributed by atoms with Crippen LogP contribution >= 0.6 is 0 Å². The van der Waals surface area contributed by atoms with E-state index in [4.69, 9.17) is 34.7 Å². The summed E-state index contributed by atoms with van der Waals surface area (Å²) in [6.45, 7) is 0. The van der Waals surface area contributed by atoms with Gasteiger partial charge in [-0.25, -0.2) is 0 Å². The Labute approximate surface area is 263 Å². The summed E-state index contributed by atoms with van der Waals surface area (Å²) >= 11 is 0. The Morgan fingerprint density at radius 3 is 0.585 bits per heavy atom. The molecule has 0 atom stereocenters. The number of hydrogen-bond acceptors (Lipinski definition) is 4. The fourth-order valence-corrected chi connectivity index (χ4v) is 12.3. The molecule has 0 aromatic carbocycles. The van der Waals surface area contributed by atoms with E-state index >= 15 is 0 Å². The molecule has 0 aromatic rings. The largest absolute Gasteiger partial charge is 2.00 e. The molecule has 0 amide bonds. The maximum absolute atomic E-state index is 8.74. The smallest absolute Gasteiger partial charge is 0.870 e. The normalized spacial score (nSPS) is 49.9. The third-order valence-electron chi connectivity index (χ3n) is 12.1. The van der Waals surface area contributed by atoms with Gasteiger partial charge >= 0.3 is 33.5 Å². The van der Waals surface area contributed by atoms with E-state index in [0.29, 0.717) is 0 Å². The summed E-state index contributed by atoms with van der Waals surface area (Å²) in [6.07, 6.45) is 24.3. The minimum Gasteiger partial charge on any atom is -0.870 e. The minimum atomic E-state index is -4.67. The van der Waals surface area contributed by atoms with Crippen LogP contribution in [0.5, 0.6) is 0 Å². The zero-order valence-corrected chi connectivity index (χ0v) is 26.9. The van der Waals surface area contributed by atoms with Crippen molar-refractivity contribution in [3.8, 4) is 0 Å². The van der Waals surface area contributed by atoms with Crippen LogP contribution in [-0.4, -0.2) is 68.1 Å². The molecule has 12 aliphatic carbocycles. The van der Waals surface area contributed by atoms with Gasteiger partial charge in [0, 0.05) is 0 Å². The molecule has 12 bridgehead atoms. The fraction of sp³-hybridized carbons (Fsp3) is 1.00. The van der Waals surface area contributed by atoms with E-state index in [1.807, 2.05) is 0 Å². The zero-order valence-electron chi connectivity index (χ0n) is 24.6. The molecule has 0 spiro atoms. The van der Waals surface area contributed by atoms with Crippen molar-refractivity contribution in [2.24, 2.45) is 53.3 Å². The maximum atomic E-state index is 8.74. The fourth-order valence-electron chi connectivity index (χ4n) is 12.3.